The molecule has 6 nitrogen and oxygen atoms in total. The van der Waals surface area contributed by atoms with Crippen molar-refractivity contribution in [2.24, 2.45) is 4.99 Å². The number of methoxy groups -OCH3 is 1. The van der Waals surface area contributed by atoms with Gasteiger partial charge in [-0.3, -0.25) is 4.99 Å². The van der Waals surface area contributed by atoms with Gasteiger partial charge in [0, 0.05) is 52.5 Å². The van der Waals surface area contributed by atoms with Crippen LogP contribution in [0.5, 0.6) is 5.75 Å². The number of guanidine groups is 1. The van der Waals surface area contributed by atoms with Gasteiger partial charge in [-0.25, -0.2) is 0 Å². The summed E-state index contributed by atoms with van der Waals surface area (Å²) < 4.78 is 10.7. The lowest BCUT2D eigenvalue weighted by molar-refractivity contribution is 0.180. The molecule has 0 radical (unpaired) electrons. The lowest BCUT2D eigenvalue weighted by atomic mass is 10.2. The molecule has 0 fully saturated rings. The molecule has 0 spiro atoms. The number of aliphatic imine (C=N–C) groups is 1. The molecule has 0 heterocycles. The van der Waals surface area contributed by atoms with E-state index in [1.54, 1.807) is 14.2 Å². The third-order valence-corrected chi connectivity index (χ3v) is 3.62. The van der Waals surface area contributed by atoms with Gasteiger partial charge in [0.05, 0.1) is 6.61 Å². The van der Waals surface area contributed by atoms with E-state index >= 15 is 0 Å². The average molecular weight is 336 g/mol. The van der Waals surface area contributed by atoms with Gasteiger partial charge in [-0.1, -0.05) is 18.2 Å². The smallest absolute Gasteiger partial charge is 0.191 e. The van der Waals surface area contributed by atoms with E-state index in [-0.39, 0.29) is 0 Å². The van der Waals surface area contributed by atoms with Crippen molar-refractivity contribution in [3.63, 3.8) is 0 Å². The van der Waals surface area contributed by atoms with Crippen LogP contribution < -0.4 is 15.4 Å². The van der Waals surface area contributed by atoms with E-state index in [4.69, 9.17) is 9.47 Å². The molecule has 24 heavy (non-hydrogen) atoms. The Kier molecular flexibility index (Phi) is 10.6. The second-order valence-electron chi connectivity index (χ2n) is 5.54. The number of ether oxygens (including phenoxy) is 2. The van der Waals surface area contributed by atoms with Crippen molar-refractivity contribution in [3.8, 4) is 5.75 Å². The second kappa shape index (κ2) is 12.6. The standard InChI is InChI=1S/C18H32N4O2/c1-5-24-17-10-7-6-9-16(17)15-21-18(19-2)20-11-13-22(3)12-8-14-23-4/h6-7,9-10H,5,8,11-15H2,1-4H3,(H2,19,20,21). The van der Waals surface area contributed by atoms with Crippen LogP contribution in [0.2, 0.25) is 0 Å². The van der Waals surface area contributed by atoms with E-state index in [0.717, 1.165) is 49.9 Å². The predicted molar refractivity (Wildman–Crippen MR) is 99.8 cm³/mol. The maximum absolute atomic E-state index is 5.65. The van der Waals surface area contributed by atoms with Crippen LogP contribution in [0, 0.1) is 0 Å². The molecule has 0 amide bonds. The van der Waals surface area contributed by atoms with Crippen LogP contribution in [0.4, 0.5) is 0 Å². The van der Waals surface area contributed by atoms with Crippen molar-refractivity contribution >= 4 is 5.96 Å². The highest BCUT2D eigenvalue weighted by Gasteiger charge is 2.04. The molecule has 1 aromatic carbocycles. The summed E-state index contributed by atoms with van der Waals surface area (Å²) in [7, 11) is 5.64. The fourth-order valence-corrected chi connectivity index (χ4v) is 2.30. The Labute approximate surface area is 146 Å². The van der Waals surface area contributed by atoms with Gasteiger partial charge in [0.15, 0.2) is 5.96 Å². The predicted octanol–water partition coefficient (Wildman–Crippen LogP) is 1.72. The zero-order chi connectivity index (χ0) is 17.6. The summed E-state index contributed by atoms with van der Waals surface area (Å²) in [4.78, 5) is 6.55. The molecule has 0 aliphatic rings. The van der Waals surface area contributed by atoms with Crippen LogP contribution >= 0.6 is 0 Å². The van der Waals surface area contributed by atoms with Crippen LogP contribution in [-0.4, -0.2) is 64.9 Å². The Bertz CT molecular complexity index is 480. The SMILES string of the molecule is CCOc1ccccc1CNC(=NC)NCCN(C)CCCOC. The van der Waals surface area contributed by atoms with Gasteiger partial charge in [0.2, 0.25) is 0 Å². The zero-order valence-electron chi connectivity index (χ0n) is 15.5. The highest BCUT2D eigenvalue weighted by molar-refractivity contribution is 5.79. The van der Waals surface area contributed by atoms with Gasteiger partial charge in [-0.15, -0.1) is 0 Å². The minimum atomic E-state index is 0.666. The van der Waals surface area contributed by atoms with Gasteiger partial charge < -0.3 is 25.0 Å². The fourth-order valence-electron chi connectivity index (χ4n) is 2.30. The van der Waals surface area contributed by atoms with Gasteiger partial charge in [0.1, 0.15) is 5.75 Å². The van der Waals surface area contributed by atoms with Gasteiger partial charge >= 0.3 is 0 Å². The highest BCUT2D eigenvalue weighted by Crippen LogP contribution is 2.17. The summed E-state index contributed by atoms with van der Waals surface area (Å²) in [5.41, 5.74) is 1.12. The van der Waals surface area contributed by atoms with Crippen molar-refractivity contribution in [2.75, 3.05) is 54.1 Å². The van der Waals surface area contributed by atoms with E-state index in [1.165, 1.54) is 0 Å². The molecule has 0 saturated carbocycles. The first kappa shape index (κ1) is 20.3. The molecule has 0 aliphatic heterocycles. The molecule has 1 rings (SSSR count). The maximum atomic E-state index is 5.65. The van der Waals surface area contributed by atoms with Crippen LogP contribution in [0.15, 0.2) is 29.3 Å². The lowest BCUT2D eigenvalue weighted by Gasteiger charge is -2.18. The third-order valence-electron chi connectivity index (χ3n) is 3.62. The molecule has 0 atom stereocenters. The summed E-state index contributed by atoms with van der Waals surface area (Å²) in [6.07, 6.45) is 1.05. The van der Waals surface area contributed by atoms with Crippen LogP contribution in [0.1, 0.15) is 18.9 Å². The Morgan fingerprint density at radius 3 is 2.71 bits per heavy atom. The zero-order valence-corrected chi connectivity index (χ0v) is 15.5. The number of rotatable bonds is 11. The van der Waals surface area contributed by atoms with E-state index in [1.807, 2.05) is 25.1 Å². The minimum absolute atomic E-state index is 0.666. The number of likely N-dealkylation sites (N-methyl/N-ethyl adjacent to an activating group) is 1. The summed E-state index contributed by atoms with van der Waals surface area (Å²) in [5.74, 6) is 1.72. The van der Waals surface area contributed by atoms with Crippen molar-refractivity contribution in [2.45, 2.75) is 19.9 Å². The number of para-hydroxylation sites is 1. The van der Waals surface area contributed by atoms with E-state index < -0.39 is 0 Å². The number of nitrogens with one attached hydrogen (secondary N) is 2. The maximum Gasteiger partial charge on any atom is 0.191 e. The number of nitrogens with zero attached hydrogens (tertiary/aromatic N) is 2. The lowest BCUT2D eigenvalue weighted by Crippen LogP contribution is -2.40. The monoisotopic (exact) mass is 336 g/mol. The normalized spacial score (nSPS) is 11.6. The first-order chi connectivity index (χ1) is 11.7. The summed E-state index contributed by atoms with van der Waals surface area (Å²) in [6.45, 7) is 6.98. The summed E-state index contributed by atoms with van der Waals surface area (Å²) in [5, 5.41) is 6.67. The Hall–Kier alpha value is -1.79. The summed E-state index contributed by atoms with van der Waals surface area (Å²) in [6, 6.07) is 8.06. The van der Waals surface area contributed by atoms with Crippen molar-refractivity contribution in [1.82, 2.24) is 15.5 Å². The van der Waals surface area contributed by atoms with E-state index in [9.17, 15) is 0 Å². The number of benzene rings is 1. The third kappa shape index (κ3) is 8.17. The van der Waals surface area contributed by atoms with Gasteiger partial charge in [-0.05, 0) is 26.5 Å². The van der Waals surface area contributed by atoms with Crippen molar-refractivity contribution in [3.05, 3.63) is 29.8 Å². The molecule has 6 heteroatoms. The second-order valence-corrected chi connectivity index (χ2v) is 5.54. The van der Waals surface area contributed by atoms with Gasteiger partial charge in [0.25, 0.3) is 0 Å². The molecule has 0 aromatic heterocycles. The molecular weight excluding hydrogens is 304 g/mol. The van der Waals surface area contributed by atoms with E-state index in [2.05, 4.69) is 33.6 Å². The first-order valence-corrected chi connectivity index (χ1v) is 8.54. The molecule has 136 valence electrons. The fraction of sp³-hybridized carbons (Fsp3) is 0.611. The van der Waals surface area contributed by atoms with Crippen molar-refractivity contribution < 1.29 is 9.47 Å². The molecule has 0 aliphatic carbocycles. The molecule has 2 N–H and O–H groups in total. The Balaban J connectivity index is 2.33. The largest absolute Gasteiger partial charge is 0.494 e. The summed E-state index contributed by atoms with van der Waals surface area (Å²) >= 11 is 0. The van der Waals surface area contributed by atoms with Crippen molar-refractivity contribution in [1.29, 1.82) is 0 Å². The van der Waals surface area contributed by atoms with Crippen LogP contribution in [0.25, 0.3) is 0 Å². The quantitative estimate of drug-likeness (QED) is 0.366. The van der Waals surface area contributed by atoms with Crippen LogP contribution in [0.3, 0.4) is 0 Å². The molecule has 0 unspecified atom stereocenters. The number of hydrogen-bond donors (Lipinski definition) is 2. The first-order valence-electron chi connectivity index (χ1n) is 8.54. The van der Waals surface area contributed by atoms with E-state index in [0.29, 0.717) is 13.2 Å². The number of hydrogen-bond acceptors (Lipinski definition) is 4. The Morgan fingerprint density at radius 2 is 2.00 bits per heavy atom. The topological polar surface area (TPSA) is 58.1 Å². The Morgan fingerprint density at radius 1 is 1.21 bits per heavy atom. The molecular formula is C18H32N4O2. The van der Waals surface area contributed by atoms with Crippen LogP contribution in [-0.2, 0) is 11.3 Å². The minimum Gasteiger partial charge on any atom is -0.494 e. The molecule has 0 saturated heterocycles. The van der Waals surface area contributed by atoms with Gasteiger partial charge in [-0.2, -0.15) is 0 Å². The molecule has 0 bridgehead atoms. The molecule has 1 aromatic rings. The average Bonchev–Trinajstić information content (AvgIpc) is 2.59. The highest BCUT2D eigenvalue weighted by atomic mass is 16.5.